The van der Waals surface area contributed by atoms with Gasteiger partial charge in [-0.05, 0) is 52.8 Å². The van der Waals surface area contributed by atoms with Gasteiger partial charge in [0.2, 0.25) is 0 Å². The minimum atomic E-state index is -1.04. The molecule has 4 rings (SSSR count). The van der Waals surface area contributed by atoms with Crippen molar-refractivity contribution < 1.29 is 24.2 Å². The van der Waals surface area contributed by atoms with Gasteiger partial charge < -0.3 is 19.5 Å². The van der Waals surface area contributed by atoms with Gasteiger partial charge in [0.1, 0.15) is 18.9 Å². The minimum Gasteiger partial charge on any atom is -0.491 e. The predicted molar refractivity (Wildman–Crippen MR) is 156 cm³/mol. The first-order chi connectivity index (χ1) is 19.4. The second kappa shape index (κ2) is 14.6. The number of hydrogen-bond donors (Lipinski definition) is 1. The maximum Gasteiger partial charge on any atom is 0.323 e. The Balaban J connectivity index is 1.58. The fourth-order valence-corrected chi connectivity index (χ4v) is 5.07. The van der Waals surface area contributed by atoms with Crippen LogP contribution < -0.4 is 4.74 Å². The van der Waals surface area contributed by atoms with Crippen LogP contribution in [0.3, 0.4) is 0 Å². The monoisotopic (exact) mass is 544 g/mol. The summed E-state index contributed by atoms with van der Waals surface area (Å²) in [6, 6.07) is 23.7. The molecule has 1 N–H and O–H groups in total. The summed E-state index contributed by atoms with van der Waals surface area (Å²) in [4.78, 5) is 29.0. The molecule has 1 heterocycles. The first-order valence-electron chi connectivity index (χ1n) is 14.1. The maximum absolute atomic E-state index is 13.5. The Hall–Kier alpha value is -3.68. The summed E-state index contributed by atoms with van der Waals surface area (Å²) in [7, 11) is 0. The van der Waals surface area contributed by atoms with Crippen LogP contribution in [0.4, 0.5) is 0 Å². The number of carbonyl (C=O) groups is 2. The summed E-state index contributed by atoms with van der Waals surface area (Å²) in [5.74, 6) is -0.0759. The first kappa shape index (κ1) is 29.3. The molecule has 1 aliphatic heterocycles. The number of hydrogen-bond acceptors (Lipinski definition) is 5. The second-order valence-electron chi connectivity index (χ2n) is 10.8. The zero-order valence-electron chi connectivity index (χ0n) is 23.6. The minimum absolute atomic E-state index is 0.304. The van der Waals surface area contributed by atoms with Crippen LogP contribution in [0.15, 0.2) is 72.8 Å². The van der Waals surface area contributed by atoms with Crippen molar-refractivity contribution in [2.75, 3.05) is 46.0 Å². The fraction of sp³-hybridized carbons (Fsp3) is 0.394. The molecule has 40 heavy (non-hydrogen) atoms. The van der Waals surface area contributed by atoms with Crippen LogP contribution in [0.5, 0.6) is 5.75 Å². The lowest BCUT2D eigenvalue weighted by Crippen LogP contribution is -2.37. The van der Waals surface area contributed by atoms with Gasteiger partial charge in [-0.25, -0.2) is 0 Å². The molecule has 7 nitrogen and oxygen atoms in total. The lowest BCUT2D eigenvalue weighted by molar-refractivity contribution is -0.137. The third-order valence-corrected chi connectivity index (χ3v) is 6.89. The number of carbonyl (C=O) groups excluding carboxylic acids is 1. The first-order valence-corrected chi connectivity index (χ1v) is 14.1. The van der Waals surface area contributed by atoms with Crippen LogP contribution in [0, 0.1) is 5.92 Å². The van der Waals surface area contributed by atoms with Crippen molar-refractivity contribution in [2.24, 2.45) is 5.92 Å². The number of fused-ring (bicyclic) bond motifs is 3. The third-order valence-electron chi connectivity index (χ3n) is 6.89. The number of carboxylic acids is 1. The van der Waals surface area contributed by atoms with Crippen molar-refractivity contribution in [3.63, 3.8) is 0 Å². The fourth-order valence-electron chi connectivity index (χ4n) is 5.07. The van der Waals surface area contributed by atoms with Gasteiger partial charge in [0.15, 0.2) is 0 Å². The summed E-state index contributed by atoms with van der Waals surface area (Å²) in [5.41, 5.74) is 4.76. The van der Waals surface area contributed by atoms with Crippen molar-refractivity contribution in [3.8, 4) is 5.75 Å². The molecule has 1 amide bonds. The maximum atomic E-state index is 13.5. The van der Waals surface area contributed by atoms with Crippen molar-refractivity contribution in [1.29, 1.82) is 0 Å². The Bertz CT molecular complexity index is 1260. The molecule has 0 aromatic heterocycles. The van der Waals surface area contributed by atoms with Crippen LogP contribution in [-0.2, 0) is 28.9 Å². The molecule has 3 aromatic carbocycles. The quantitative estimate of drug-likeness (QED) is 0.434. The zero-order valence-corrected chi connectivity index (χ0v) is 23.6. The molecule has 212 valence electrons. The Morgan fingerprint density at radius 2 is 1.75 bits per heavy atom. The van der Waals surface area contributed by atoms with Crippen molar-refractivity contribution in [1.82, 2.24) is 9.80 Å². The molecule has 0 fully saturated rings. The van der Waals surface area contributed by atoms with E-state index in [1.807, 2.05) is 42.5 Å². The van der Waals surface area contributed by atoms with E-state index in [4.69, 9.17) is 9.47 Å². The molecule has 2 bridgehead atoms. The molecule has 1 aliphatic rings. The number of nitrogens with zero attached hydrogens (tertiary/aromatic N) is 2. The number of ether oxygens (including phenoxy) is 2. The Morgan fingerprint density at radius 3 is 2.52 bits per heavy atom. The molecule has 3 aromatic rings. The van der Waals surface area contributed by atoms with E-state index >= 15 is 0 Å². The SMILES string of the molecule is CC(C)CN1CCOCCOc2ccc(C(=O)N(CCc3ccccc3)CC(=O)O)cc2Cc2cccc(c2)C1. The topological polar surface area (TPSA) is 79.3 Å². The molecule has 0 saturated heterocycles. The highest BCUT2D eigenvalue weighted by Crippen LogP contribution is 2.25. The van der Waals surface area contributed by atoms with Gasteiger partial charge in [0.25, 0.3) is 5.91 Å². The molecule has 0 saturated carbocycles. The lowest BCUT2D eigenvalue weighted by atomic mass is 9.99. The molecule has 0 atom stereocenters. The van der Waals surface area contributed by atoms with Gasteiger partial charge in [0.05, 0.1) is 13.2 Å². The van der Waals surface area contributed by atoms with Gasteiger partial charge in [-0.2, -0.15) is 0 Å². The van der Waals surface area contributed by atoms with Crippen molar-refractivity contribution >= 4 is 11.9 Å². The third kappa shape index (κ3) is 8.93. The van der Waals surface area contributed by atoms with E-state index in [1.54, 1.807) is 6.07 Å². The van der Waals surface area contributed by atoms with Gasteiger partial charge in [-0.15, -0.1) is 0 Å². The lowest BCUT2D eigenvalue weighted by Gasteiger charge is -2.25. The van der Waals surface area contributed by atoms with Crippen molar-refractivity contribution in [3.05, 3.63) is 101 Å². The summed E-state index contributed by atoms with van der Waals surface area (Å²) >= 11 is 0. The average molecular weight is 545 g/mol. The number of benzene rings is 3. The number of rotatable bonds is 8. The average Bonchev–Trinajstić information content (AvgIpc) is 2.93. The van der Waals surface area contributed by atoms with E-state index in [0.29, 0.717) is 56.4 Å². The molecule has 7 heteroatoms. The Kier molecular flexibility index (Phi) is 10.7. The highest BCUT2D eigenvalue weighted by Gasteiger charge is 2.20. The van der Waals surface area contributed by atoms with Crippen LogP contribution in [0.2, 0.25) is 0 Å². The van der Waals surface area contributed by atoms with E-state index < -0.39 is 5.97 Å². The molecule has 0 radical (unpaired) electrons. The van der Waals surface area contributed by atoms with Crippen LogP contribution in [-0.4, -0.2) is 72.8 Å². The van der Waals surface area contributed by atoms with Crippen LogP contribution in [0.25, 0.3) is 0 Å². The number of amides is 1. The molecule has 0 unspecified atom stereocenters. The summed E-state index contributed by atoms with van der Waals surface area (Å²) < 4.78 is 12.0. The predicted octanol–water partition coefficient (Wildman–Crippen LogP) is 4.91. The highest BCUT2D eigenvalue weighted by atomic mass is 16.5. The Labute approximate surface area is 237 Å². The summed E-state index contributed by atoms with van der Waals surface area (Å²) in [6.07, 6.45) is 1.17. The van der Waals surface area contributed by atoms with E-state index in [9.17, 15) is 14.7 Å². The van der Waals surface area contributed by atoms with Gasteiger partial charge in [-0.3, -0.25) is 14.5 Å². The smallest absolute Gasteiger partial charge is 0.323 e. The van der Waals surface area contributed by atoms with E-state index in [-0.39, 0.29) is 12.5 Å². The number of carboxylic acid groups (broad SMARTS) is 1. The van der Waals surface area contributed by atoms with Crippen molar-refractivity contribution in [2.45, 2.75) is 33.2 Å². The second-order valence-corrected chi connectivity index (χ2v) is 10.8. The normalized spacial score (nSPS) is 14.6. The molecular formula is C33H40N2O5. The largest absolute Gasteiger partial charge is 0.491 e. The summed E-state index contributed by atoms with van der Waals surface area (Å²) in [5, 5.41) is 9.50. The van der Waals surface area contributed by atoms with Gasteiger partial charge in [0, 0.05) is 38.2 Å². The molecule has 0 aliphatic carbocycles. The highest BCUT2D eigenvalue weighted by molar-refractivity contribution is 5.96. The van der Waals surface area contributed by atoms with Crippen LogP contribution in [0.1, 0.15) is 46.5 Å². The van der Waals surface area contributed by atoms with Gasteiger partial charge >= 0.3 is 5.97 Å². The molecule has 0 spiro atoms. The number of aliphatic carboxylic acids is 1. The standard InChI is InChI=1S/C33H40N2O5/c1-25(2)22-34-15-16-39-17-18-40-31-12-11-29(21-30(31)20-27-9-6-10-28(19-27)23-34)33(38)35(24-32(36)37)14-13-26-7-4-3-5-8-26/h3-12,19,21,25H,13-18,20,22-24H2,1-2H3,(H,36,37). The zero-order chi connectivity index (χ0) is 28.3. The van der Waals surface area contributed by atoms with E-state index in [2.05, 4.69) is 43.0 Å². The molecular weight excluding hydrogens is 504 g/mol. The summed E-state index contributed by atoms with van der Waals surface area (Å²) in [6.45, 7) is 8.65. The van der Waals surface area contributed by atoms with E-state index in [0.717, 1.165) is 36.3 Å². The van der Waals surface area contributed by atoms with Crippen LogP contribution >= 0.6 is 0 Å². The Morgan fingerprint density at radius 1 is 0.950 bits per heavy atom. The van der Waals surface area contributed by atoms with E-state index in [1.165, 1.54) is 10.5 Å². The van der Waals surface area contributed by atoms with Gasteiger partial charge in [-0.1, -0.05) is 68.4 Å².